The predicted molar refractivity (Wildman–Crippen MR) is 175 cm³/mol. The van der Waals surface area contributed by atoms with E-state index in [9.17, 15) is 9.59 Å². The number of allylic oxidation sites excluding steroid dienone is 1. The zero-order chi connectivity index (χ0) is 30.8. The van der Waals surface area contributed by atoms with E-state index in [1.54, 1.807) is 4.90 Å². The Labute approximate surface area is 267 Å². The smallest absolute Gasteiger partial charge is 0.224 e. The SMILES string of the molecule is CCOc1cc([C@H]2C3=C(C[C@@H](c4ccc(Cl)cc4)CC3=O)Nc3ccccc3N2C(C)=O)ccc1OCc1ccc(Cl)cc1. The zero-order valence-corrected chi connectivity index (χ0v) is 26.0. The molecule has 4 aromatic rings. The maximum Gasteiger partial charge on any atom is 0.224 e. The predicted octanol–water partition coefficient (Wildman–Crippen LogP) is 8.89. The van der Waals surface area contributed by atoms with Crippen LogP contribution in [0.15, 0.2) is 102 Å². The van der Waals surface area contributed by atoms with Crippen molar-refractivity contribution in [3.05, 3.63) is 129 Å². The average molecular weight is 628 g/mol. The first-order valence-electron chi connectivity index (χ1n) is 14.6. The summed E-state index contributed by atoms with van der Waals surface area (Å²) >= 11 is 12.2. The first-order chi connectivity index (χ1) is 21.3. The maximum absolute atomic E-state index is 14.2. The van der Waals surface area contributed by atoms with E-state index in [2.05, 4.69) is 5.32 Å². The van der Waals surface area contributed by atoms with Crippen LogP contribution in [0.4, 0.5) is 11.4 Å². The van der Waals surface area contributed by atoms with E-state index in [4.69, 9.17) is 32.7 Å². The van der Waals surface area contributed by atoms with Crippen molar-refractivity contribution in [2.45, 2.75) is 45.3 Å². The summed E-state index contributed by atoms with van der Waals surface area (Å²) in [5.74, 6) is 0.900. The minimum absolute atomic E-state index is 0.0104. The number of benzene rings is 4. The largest absolute Gasteiger partial charge is 0.490 e. The molecular formula is C36H32Cl2N2O4. The molecule has 8 heteroatoms. The number of para-hydroxylation sites is 2. The molecule has 4 aromatic carbocycles. The molecule has 1 aliphatic carbocycles. The van der Waals surface area contributed by atoms with Crippen LogP contribution in [0.25, 0.3) is 0 Å². The maximum atomic E-state index is 14.2. The van der Waals surface area contributed by atoms with Gasteiger partial charge in [0.2, 0.25) is 5.91 Å². The van der Waals surface area contributed by atoms with Crippen molar-refractivity contribution in [1.82, 2.24) is 0 Å². The Hall–Kier alpha value is -4.26. The van der Waals surface area contributed by atoms with Crippen molar-refractivity contribution in [2.24, 2.45) is 0 Å². The van der Waals surface area contributed by atoms with E-state index in [0.29, 0.717) is 58.9 Å². The van der Waals surface area contributed by atoms with Crippen LogP contribution >= 0.6 is 23.2 Å². The number of Topliss-reactive ketones (excluding diaryl/α,β-unsaturated/α-hetero) is 1. The van der Waals surface area contributed by atoms with Gasteiger partial charge >= 0.3 is 0 Å². The minimum atomic E-state index is -0.665. The van der Waals surface area contributed by atoms with E-state index in [-0.39, 0.29) is 17.6 Å². The summed E-state index contributed by atoms with van der Waals surface area (Å²) < 4.78 is 12.2. The monoisotopic (exact) mass is 626 g/mol. The number of fused-ring (bicyclic) bond motifs is 1. The average Bonchev–Trinajstić information content (AvgIpc) is 3.16. The number of halogens is 2. The number of ether oxygens (including phenoxy) is 2. The molecule has 0 spiro atoms. The van der Waals surface area contributed by atoms with Gasteiger partial charge in [0.05, 0.1) is 24.0 Å². The molecule has 6 nitrogen and oxygen atoms in total. The van der Waals surface area contributed by atoms with Crippen molar-refractivity contribution in [1.29, 1.82) is 0 Å². The fraction of sp³-hybridized carbons (Fsp3) is 0.222. The van der Waals surface area contributed by atoms with Crippen molar-refractivity contribution in [3.8, 4) is 11.5 Å². The van der Waals surface area contributed by atoms with Crippen molar-refractivity contribution >= 4 is 46.3 Å². The van der Waals surface area contributed by atoms with Crippen LogP contribution in [-0.4, -0.2) is 18.3 Å². The van der Waals surface area contributed by atoms with Gasteiger partial charge in [0, 0.05) is 34.7 Å². The van der Waals surface area contributed by atoms with E-state index < -0.39 is 6.04 Å². The van der Waals surface area contributed by atoms with Crippen molar-refractivity contribution in [2.75, 3.05) is 16.8 Å². The fourth-order valence-electron chi connectivity index (χ4n) is 6.05. The molecule has 224 valence electrons. The number of carbonyl (C=O) groups excluding carboxylic acids is 2. The summed E-state index contributed by atoms with van der Waals surface area (Å²) in [6.07, 6.45) is 0.932. The molecule has 0 fully saturated rings. The third-order valence-corrected chi connectivity index (χ3v) is 8.56. The molecule has 0 radical (unpaired) electrons. The molecule has 0 unspecified atom stereocenters. The highest BCUT2D eigenvalue weighted by Crippen LogP contribution is 2.48. The lowest BCUT2D eigenvalue weighted by atomic mass is 9.78. The van der Waals surface area contributed by atoms with Gasteiger partial charge in [-0.25, -0.2) is 0 Å². The van der Waals surface area contributed by atoms with E-state index in [0.717, 1.165) is 28.1 Å². The number of hydrogen-bond acceptors (Lipinski definition) is 5. The number of anilines is 2. The molecule has 44 heavy (non-hydrogen) atoms. The van der Waals surface area contributed by atoms with Crippen LogP contribution in [-0.2, 0) is 16.2 Å². The lowest BCUT2D eigenvalue weighted by Gasteiger charge is -2.35. The van der Waals surface area contributed by atoms with Crippen LogP contribution in [0.3, 0.4) is 0 Å². The van der Waals surface area contributed by atoms with Crippen LogP contribution in [0.2, 0.25) is 10.0 Å². The van der Waals surface area contributed by atoms with Gasteiger partial charge in [-0.2, -0.15) is 0 Å². The molecule has 0 saturated carbocycles. The Kier molecular flexibility index (Phi) is 8.65. The highest BCUT2D eigenvalue weighted by Gasteiger charge is 2.41. The third kappa shape index (κ3) is 6.05. The van der Waals surface area contributed by atoms with Gasteiger partial charge in [-0.1, -0.05) is 65.7 Å². The van der Waals surface area contributed by atoms with Gasteiger partial charge in [-0.05, 0) is 84.5 Å². The first kappa shape index (κ1) is 29.8. The topological polar surface area (TPSA) is 67.9 Å². The number of rotatable bonds is 7. The Bertz CT molecular complexity index is 1730. The quantitative estimate of drug-likeness (QED) is 0.222. The number of hydrogen-bond donors (Lipinski definition) is 1. The Morgan fingerprint density at radius 3 is 2.25 bits per heavy atom. The van der Waals surface area contributed by atoms with Crippen LogP contribution < -0.4 is 19.7 Å². The second-order valence-electron chi connectivity index (χ2n) is 11.0. The minimum Gasteiger partial charge on any atom is -0.490 e. The molecule has 1 aliphatic heterocycles. The van der Waals surface area contributed by atoms with Gasteiger partial charge in [0.15, 0.2) is 17.3 Å². The van der Waals surface area contributed by atoms with Crippen molar-refractivity contribution in [3.63, 3.8) is 0 Å². The third-order valence-electron chi connectivity index (χ3n) is 8.06. The van der Waals surface area contributed by atoms with Gasteiger partial charge < -0.3 is 14.8 Å². The second kappa shape index (κ2) is 12.8. The molecule has 0 aromatic heterocycles. The summed E-state index contributed by atoms with van der Waals surface area (Å²) in [4.78, 5) is 29.3. The standard InChI is InChI=1S/C36H32Cl2N2O4/c1-3-43-34-20-25(12-17-33(34)44-21-23-8-13-27(37)14-9-23)36-35-30(39-29-6-4-5-7-31(29)40(36)22(2)41)18-26(19-32(35)42)24-10-15-28(38)16-11-24/h4-17,20,26,36,39H,3,18-19,21H2,1-2H3/t26-,36+/m1/s1. The summed E-state index contributed by atoms with van der Waals surface area (Å²) in [5.41, 5.74) is 5.64. The molecule has 1 heterocycles. The van der Waals surface area contributed by atoms with Gasteiger partial charge in [0.25, 0.3) is 0 Å². The van der Waals surface area contributed by atoms with E-state index in [1.807, 2.05) is 97.9 Å². The molecule has 0 saturated heterocycles. The summed E-state index contributed by atoms with van der Waals surface area (Å²) in [6.45, 7) is 4.19. The van der Waals surface area contributed by atoms with Gasteiger partial charge in [-0.3, -0.25) is 14.5 Å². The highest BCUT2D eigenvalue weighted by molar-refractivity contribution is 6.30. The van der Waals surface area contributed by atoms with E-state index in [1.165, 1.54) is 6.92 Å². The number of nitrogens with zero attached hydrogens (tertiary/aromatic N) is 1. The Morgan fingerprint density at radius 2 is 1.55 bits per heavy atom. The summed E-state index contributed by atoms with van der Waals surface area (Å²) in [7, 11) is 0. The van der Waals surface area contributed by atoms with Gasteiger partial charge in [0.1, 0.15) is 6.61 Å². The highest BCUT2D eigenvalue weighted by atomic mass is 35.5. The summed E-state index contributed by atoms with van der Waals surface area (Å²) in [6, 6.07) is 27.8. The molecule has 2 aliphatic rings. The normalized spacial score (nSPS) is 17.7. The van der Waals surface area contributed by atoms with E-state index >= 15 is 0 Å². The molecule has 0 bridgehead atoms. The molecule has 2 atom stereocenters. The molecule has 1 N–H and O–H groups in total. The summed E-state index contributed by atoms with van der Waals surface area (Å²) in [5, 5.41) is 4.87. The van der Waals surface area contributed by atoms with Crippen LogP contribution in [0.5, 0.6) is 11.5 Å². The lowest BCUT2D eigenvalue weighted by Crippen LogP contribution is -2.37. The number of ketones is 1. The fourth-order valence-corrected chi connectivity index (χ4v) is 6.30. The van der Waals surface area contributed by atoms with Crippen LogP contribution in [0.1, 0.15) is 55.3 Å². The molecular weight excluding hydrogens is 595 g/mol. The first-order valence-corrected chi connectivity index (χ1v) is 15.4. The number of carbonyl (C=O) groups is 2. The second-order valence-corrected chi connectivity index (χ2v) is 11.8. The zero-order valence-electron chi connectivity index (χ0n) is 24.5. The lowest BCUT2D eigenvalue weighted by molar-refractivity contribution is -0.117. The number of nitrogens with one attached hydrogen (secondary N) is 1. The molecule has 6 rings (SSSR count). The Morgan fingerprint density at radius 1 is 0.864 bits per heavy atom. The van der Waals surface area contributed by atoms with Gasteiger partial charge in [-0.15, -0.1) is 0 Å². The Balaban J connectivity index is 1.44. The molecule has 1 amide bonds. The van der Waals surface area contributed by atoms with Crippen LogP contribution in [0, 0.1) is 0 Å². The number of amides is 1. The van der Waals surface area contributed by atoms with Crippen molar-refractivity contribution < 1.29 is 19.1 Å².